The minimum atomic E-state index is -0.00116. The molecule has 0 unspecified atom stereocenters. The van der Waals surface area contributed by atoms with Crippen LogP contribution in [0.25, 0.3) is 0 Å². The molecule has 1 fully saturated rings. The van der Waals surface area contributed by atoms with Crippen LogP contribution in [0.15, 0.2) is 24.3 Å². The van der Waals surface area contributed by atoms with E-state index in [1.165, 1.54) is 11.1 Å². The molecule has 0 amide bonds. The summed E-state index contributed by atoms with van der Waals surface area (Å²) in [6, 6.07) is 0. The van der Waals surface area contributed by atoms with Gasteiger partial charge in [-0.1, -0.05) is 13.2 Å². The summed E-state index contributed by atoms with van der Waals surface area (Å²) in [5, 5.41) is 0. The van der Waals surface area contributed by atoms with E-state index in [0.29, 0.717) is 0 Å². The van der Waals surface area contributed by atoms with E-state index >= 15 is 0 Å². The van der Waals surface area contributed by atoms with Gasteiger partial charge in [-0.25, -0.2) is 0 Å². The van der Waals surface area contributed by atoms with Gasteiger partial charge >= 0.3 is 0 Å². The molecule has 0 atom stereocenters. The Balaban J connectivity index is 3.37. The summed E-state index contributed by atoms with van der Waals surface area (Å²) >= 11 is 0. The molecule has 1 saturated heterocycles. The van der Waals surface area contributed by atoms with Crippen molar-refractivity contribution in [3.8, 4) is 0 Å². The van der Waals surface area contributed by atoms with E-state index in [2.05, 4.69) is 66.5 Å². The van der Waals surface area contributed by atoms with Crippen molar-refractivity contribution < 1.29 is 0 Å². The zero-order valence-corrected chi connectivity index (χ0v) is 11.4. The van der Waals surface area contributed by atoms with E-state index in [9.17, 15) is 0 Å². The van der Waals surface area contributed by atoms with Crippen LogP contribution in [0.4, 0.5) is 0 Å². The molecule has 0 aromatic rings. The molecular formula is C14H25N. The van der Waals surface area contributed by atoms with Crippen LogP contribution in [-0.4, -0.2) is 21.5 Å². The van der Waals surface area contributed by atoms with Gasteiger partial charge in [0, 0.05) is 16.6 Å². The predicted molar refractivity (Wildman–Crippen MR) is 68.0 cm³/mol. The van der Waals surface area contributed by atoms with Crippen LogP contribution in [0.5, 0.6) is 0 Å². The minimum Gasteiger partial charge on any atom is -0.280 e. The van der Waals surface area contributed by atoms with Crippen molar-refractivity contribution in [2.75, 3.05) is 0 Å². The van der Waals surface area contributed by atoms with E-state index < -0.39 is 0 Å². The molecule has 0 aromatic heterocycles. The van der Waals surface area contributed by atoms with E-state index in [1.54, 1.807) is 0 Å². The molecule has 1 heterocycles. The first-order chi connectivity index (χ1) is 6.43. The molecule has 86 valence electrons. The molecule has 1 nitrogen and oxygen atoms in total. The number of hydrogen-bond acceptors (Lipinski definition) is 1. The second-order valence-corrected chi connectivity index (χ2v) is 6.58. The molecule has 1 aliphatic heterocycles. The van der Waals surface area contributed by atoms with Crippen molar-refractivity contribution >= 4 is 0 Å². The fourth-order valence-electron chi connectivity index (χ4n) is 3.38. The third kappa shape index (κ3) is 1.57. The Kier molecular flexibility index (Phi) is 2.48. The lowest BCUT2D eigenvalue weighted by Gasteiger charge is -2.49. The van der Waals surface area contributed by atoms with Crippen LogP contribution < -0.4 is 0 Å². The number of hydrogen-bond donors (Lipinski definition) is 0. The van der Waals surface area contributed by atoms with Crippen molar-refractivity contribution in [1.82, 2.24) is 4.90 Å². The Morgan fingerprint density at radius 1 is 0.867 bits per heavy atom. The maximum Gasteiger partial charge on any atom is 0.0415 e. The smallest absolute Gasteiger partial charge is 0.0415 e. The Morgan fingerprint density at radius 2 is 1.13 bits per heavy atom. The van der Waals surface area contributed by atoms with Gasteiger partial charge in [-0.2, -0.15) is 0 Å². The fraction of sp³-hybridized carbons (Fsp3) is 0.714. The second-order valence-electron chi connectivity index (χ2n) is 6.58. The lowest BCUT2D eigenvalue weighted by molar-refractivity contribution is 0.00654. The molecule has 0 aromatic carbocycles. The van der Waals surface area contributed by atoms with Gasteiger partial charge in [-0.3, -0.25) is 4.90 Å². The van der Waals surface area contributed by atoms with Gasteiger partial charge in [-0.05, 0) is 59.6 Å². The van der Waals surface area contributed by atoms with Crippen molar-refractivity contribution in [3.05, 3.63) is 24.3 Å². The van der Waals surface area contributed by atoms with Crippen LogP contribution >= 0.6 is 0 Å². The fourth-order valence-corrected chi connectivity index (χ4v) is 3.38. The molecule has 0 bridgehead atoms. The Bertz CT molecular complexity index is 287. The summed E-state index contributed by atoms with van der Waals surface area (Å²) in [6.45, 7) is 24.1. The standard InChI is InChI=1S/C14H25N/c1-10-11(2)14(8,9)15(12(3,4)5)13(10,6)7/h1-2H2,3-9H3. The van der Waals surface area contributed by atoms with E-state index in [0.717, 1.165) is 0 Å². The molecule has 0 saturated carbocycles. The molecule has 1 heteroatoms. The van der Waals surface area contributed by atoms with Gasteiger partial charge in [0.15, 0.2) is 0 Å². The van der Waals surface area contributed by atoms with Crippen LogP contribution in [-0.2, 0) is 0 Å². The van der Waals surface area contributed by atoms with Crippen LogP contribution in [0, 0.1) is 0 Å². The highest BCUT2D eigenvalue weighted by atomic mass is 15.3. The predicted octanol–water partition coefficient (Wildman–Crippen LogP) is 3.77. The van der Waals surface area contributed by atoms with Crippen LogP contribution in [0.3, 0.4) is 0 Å². The molecular weight excluding hydrogens is 182 g/mol. The first-order valence-electron chi connectivity index (χ1n) is 5.63. The summed E-state index contributed by atoms with van der Waals surface area (Å²) in [5.41, 5.74) is 2.46. The molecule has 0 N–H and O–H groups in total. The molecule has 0 radical (unpaired) electrons. The highest BCUT2D eigenvalue weighted by Crippen LogP contribution is 2.50. The minimum absolute atomic E-state index is 0.00116. The average Bonchev–Trinajstić information content (AvgIpc) is 2.06. The summed E-state index contributed by atoms with van der Waals surface area (Å²) < 4.78 is 0. The third-order valence-electron chi connectivity index (χ3n) is 3.63. The zero-order valence-electron chi connectivity index (χ0n) is 11.4. The molecule has 0 spiro atoms. The lowest BCUT2D eigenvalue weighted by Crippen LogP contribution is -2.58. The second kappa shape index (κ2) is 2.98. The van der Waals surface area contributed by atoms with Crippen molar-refractivity contribution in [1.29, 1.82) is 0 Å². The highest BCUT2D eigenvalue weighted by molar-refractivity contribution is 5.48. The van der Waals surface area contributed by atoms with Gasteiger partial charge in [-0.15, -0.1) is 0 Å². The van der Waals surface area contributed by atoms with E-state index in [1.807, 2.05) is 0 Å². The Labute approximate surface area is 94.9 Å². The van der Waals surface area contributed by atoms with Crippen LogP contribution in [0.1, 0.15) is 48.5 Å². The molecule has 15 heavy (non-hydrogen) atoms. The van der Waals surface area contributed by atoms with Crippen molar-refractivity contribution in [2.45, 2.75) is 65.1 Å². The lowest BCUT2D eigenvalue weighted by atomic mass is 9.91. The first kappa shape index (κ1) is 12.5. The quantitative estimate of drug-likeness (QED) is 0.584. The highest BCUT2D eigenvalue weighted by Gasteiger charge is 2.53. The van der Waals surface area contributed by atoms with Crippen molar-refractivity contribution in [2.24, 2.45) is 0 Å². The summed E-state index contributed by atoms with van der Waals surface area (Å²) in [6.07, 6.45) is 0. The summed E-state index contributed by atoms with van der Waals surface area (Å²) in [7, 11) is 0. The Morgan fingerprint density at radius 3 is 1.27 bits per heavy atom. The number of likely N-dealkylation sites (tertiary alicyclic amines) is 1. The monoisotopic (exact) mass is 207 g/mol. The topological polar surface area (TPSA) is 3.24 Å². The normalized spacial score (nSPS) is 26.1. The molecule has 1 rings (SSSR count). The number of nitrogens with zero attached hydrogens (tertiary/aromatic N) is 1. The molecule has 1 aliphatic rings. The van der Waals surface area contributed by atoms with Crippen molar-refractivity contribution in [3.63, 3.8) is 0 Å². The number of rotatable bonds is 0. The Hall–Kier alpha value is -0.560. The van der Waals surface area contributed by atoms with Gasteiger partial charge in [0.05, 0.1) is 0 Å². The van der Waals surface area contributed by atoms with E-state index in [4.69, 9.17) is 0 Å². The maximum absolute atomic E-state index is 4.21. The summed E-state index contributed by atoms with van der Waals surface area (Å²) in [5.74, 6) is 0. The average molecular weight is 207 g/mol. The largest absolute Gasteiger partial charge is 0.280 e. The van der Waals surface area contributed by atoms with Crippen LogP contribution in [0.2, 0.25) is 0 Å². The van der Waals surface area contributed by atoms with E-state index in [-0.39, 0.29) is 16.6 Å². The van der Waals surface area contributed by atoms with Gasteiger partial charge in [0.1, 0.15) is 0 Å². The SMILES string of the molecule is C=C1C(=C)C(C)(C)N(C(C)(C)C)C1(C)C. The first-order valence-corrected chi connectivity index (χ1v) is 5.63. The third-order valence-corrected chi connectivity index (χ3v) is 3.63. The zero-order chi connectivity index (χ0) is 12.2. The summed E-state index contributed by atoms with van der Waals surface area (Å²) in [4.78, 5) is 2.51. The van der Waals surface area contributed by atoms with Gasteiger partial charge in [0.2, 0.25) is 0 Å². The van der Waals surface area contributed by atoms with Gasteiger partial charge in [0.25, 0.3) is 0 Å². The maximum atomic E-state index is 4.21. The van der Waals surface area contributed by atoms with Gasteiger partial charge < -0.3 is 0 Å². The molecule has 0 aliphatic carbocycles.